The molecule has 14 heteroatoms. The fraction of sp³-hybridized carbons (Fsp3) is 0.596. The number of anilines is 1. The number of fused-ring (bicyclic) bond motifs is 3. The highest BCUT2D eigenvalue weighted by atomic mass is 28.4. The number of imide groups is 1. The van der Waals surface area contributed by atoms with E-state index in [2.05, 4.69) is 46.4 Å². The average Bonchev–Trinajstić information content (AvgIpc) is 3.77. The Morgan fingerprint density at radius 2 is 1.70 bits per heavy atom. The molecule has 0 saturated carbocycles. The highest BCUT2D eigenvalue weighted by Crippen LogP contribution is 2.46. The number of halogens is 3. The predicted molar refractivity (Wildman–Crippen MR) is 235 cm³/mol. The van der Waals surface area contributed by atoms with Crippen LogP contribution in [0.5, 0.6) is 11.8 Å². The molecular formula is C47H61F3N6O4Si. The fourth-order valence-electron chi connectivity index (χ4n) is 11.4. The first kappa shape index (κ1) is 43.3. The first-order valence-corrected chi connectivity index (χ1v) is 24.7. The third-order valence-electron chi connectivity index (χ3n) is 14.4. The Morgan fingerprint density at radius 1 is 0.967 bits per heavy atom. The summed E-state index contributed by atoms with van der Waals surface area (Å²) in [6.07, 6.45) is 6.08. The van der Waals surface area contributed by atoms with Crippen LogP contribution in [0.4, 0.5) is 19.0 Å². The summed E-state index contributed by atoms with van der Waals surface area (Å²) < 4.78 is 61.7. The topological polar surface area (TPSA) is 101 Å². The molecule has 0 unspecified atom stereocenters. The van der Waals surface area contributed by atoms with Gasteiger partial charge < -0.3 is 14.1 Å². The van der Waals surface area contributed by atoms with E-state index in [1.807, 2.05) is 24.0 Å². The molecular weight excluding hydrogens is 798 g/mol. The van der Waals surface area contributed by atoms with Gasteiger partial charge in [-0.1, -0.05) is 54.5 Å². The van der Waals surface area contributed by atoms with Gasteiger partial charge in [-0.2, -0.15) is 9.97 Å². The van der Waals surface area contributed by atoms with Crippen molar-refractivity contribution >= 4 is 47.6 Å². The summed E-state index contributed by atoms with van der Waals surface area (Å²) >= 11 is 0. The van der Waals surface area contributed by atoms with Crippen molar-refractivity contribution in [3.05, 3.63) is 47.7 Å². The summed E-state index contributed by atoms with van der Waals surface area (Å²) in [5, 5.41) is 1.67. The highest BCUT2D eigenvalue weighted by molar-refractivity contribution is 6.78. The molecule has 4 aliphatic rings. The number of hydrogen-bond donors (Lipinski definition) is 0. The molecule has 6 heterocycles. The lowest BCUT2D eigenvalue weighted by Crippen LogP contribution is -2.50. The normalized spacial score (nSPS) is 21.8. The second-order valence-corrected chi connectivity index (χ2v) is 24.2. The zero-order valence-electron chi connectivity index (χ0n) is 36.8. The van der Waals surface area contributed by atoms with E-state index in [1.165, 1.54) is 11.0 Å². The molecule has 4 aromatic rings. The number of ether oxygens (including phenoxy) is 1. The van der Waals surface area contributed by atoms with Crippen molar-refractivity contribution < 1.29 is 31.9 Å². The van der Waals surface area contributed by atoms with Crippen molar-refractivity contribution in [1.82, 2.24) is 24.8 Å². The number of amides is 2. The van der Waals surface area contributed by atoms with Gasteiger partial charge in [0.1, 0.15) is 41.4 Å². The maximum atomic E-state index is 17.7. The number of likely N-dealkylation sites (tertiary alicyclic amines) is 1. The third kappa shape index (κ3) is 7.78. The molecule has 0 radical (unpaired) electrons. The Bertz CT molecular complexity index is 2300. The van der Waals surface area contributed by atoms with E-state index in [0.29, 0.717) is 91.7 Å². The lowest BCUT2D eigenvalue weighted by atomic mass is 9.93. The minimum absolute atomic E-state index is 0.00173. The Hall–Kier alpha value is -4.30. The summed E-state index contributed by atoms with van der Waals surface area (Å²) in [6, 6.07) is 6.93. The molecule has 10 nitrogen and oxygen atoms in total. The van der Waals surface area contributed by atoms with Gasteiger partial charge in [0.25, 0.3) is 8.32 Å². The summed E-state index contributed by atoms with van der Waals surface area (Å²) in [7, 11) is -2.46. The van der Waals surface area contributed by atoms with Crippen LogP contribution in [0, 0.1) is 17.6 Å². The van der Waals surface area contributed by atoms with E-state index >= 15 is 8.78 Å². The van der Waals surface area contributed by atoms with E-state index in [1.54, 1.807) is 12.3 Å². The highest BCUT2D eigenvalue weighted by Gasteiger charge is 2.50. The smallest absolute Gasteiger partial charge is 0.319 e. The molecule has 0 bridgehead atoms. The van der Waals surface area contributed by atoms with Gasteiger partial charge in [0.05, 0.1) is 10.9 Å². The standard InChI is InChI=1S/C47H61F3N6O4Si/c1-8-35-38(49)14-13-32-22-34(60-61(28(2)3,29(4)5)30(6)7)23-36(40(32)35)42-41(50)43-37(25-51-42)44(53-46(52-43)59-27-47-17-11-18-55(47)26-33(48)24-47)54-20-15-31(16-21-54)45(58)56-19-10-9-12-39(56)57/h13-14,22-23,25,28-31,33H,8-12,15-21,24,26-27H2,1-7H3/t33-,47+/m1/s1. The van der Waals surface area contributed by atoms with Crippen molar-refractivity contribution in [2.75, 3.05) is 44.2 Å². The molecule has 4 saturated heterocycles. The maximum Gasteiger partial charge on any atom is 0.319 e. The van der Waals surface area contributed by atoms with Gasteiger partial charge in [-0.25, -0.2) is 13.2 Å². The van der Waals surface area contributed by atoms with Crippen molar-refractivity contribution in [2.24, 2.45) is 5.92 Å². The van der Waals surface area contributed by atoms with Crippen LogP contribution in [0.1, 0.15) is 105 Å². The number of benzene rings is 2. The molecule has 0 N–H and O–H groups in total. The van der Waals surface area contributed by atoms with E-state index in [4.69, 9.17) is 24.1 Å². The number of alkyl halides is 1. The van der Waals surface area contributed by atoms with Gasteiger partial charge in [-0.05, 0) is 103 Å². The van der Waals surface area contributed by atoms with Crippen LogP contribution in [-0.2, 0) is 16.0 Å². The molecule has 2 aromatic carbocycles. The summed E-state index contributed by atoms with van der Waals surface area (Å²) in [6.45, 7) is 17.8. The van der Waals surface area contributed by atoms with Gasteiger partial charge in [-0.15, -0.1) is 0 Å². The van der Waals surface area contributed by atoms with Crippen molar-refractivity contribution in [3.8, 4) is 23.0 Å². The predicted octanol–water partition coefficient (Wildman–Crippen LogP) is 9.95. The van der Waals surface area contributed by atoms with Crippen molar-refractivity contribution in [1.29, 1.82) is 0 Å². The Morgan fingerprint density at radius 3 is 2.39 bits per heavy atom. The summed E-state index contributed by atoms with van der Waals surface area (Å²) in [4.78, 5) is 46.1. The van der Waals surface area contributed by atoms with Crippen LogP contribution in [-0.4, -0.2) is 95.9 Å². The number of aryl methyl sites for hydroxylation is 1. The van der Waals surface area contributed by atoms with Crippen LogP contribution < -0.4 is 14.1 Å². The molecule has 4 aliphatic heterocycles. The minimum Gasteiger partial charge on any atom is -0.543 e. The van der Waals surface area contributed by atoms with Gasteiger partial charge in [0.15, 0.2) is 5.82 Å². The molecule has 2 aromatic heterocycles. The van der Waals surface area contributed by atoms with Gasteiger partial charge >= 0.3 is 6.01 Å². The van der Waals surface area contributed by atoms with E-state index in [0.717, 1.165) is 37.6 Å². The Kier molecular flexibility index (Phi) is 12.2. The largest absolute Gasteiger partial charge is 0.543 e. The van der Waals surface area contributed by atoms with Gasteiger partial charge in [-0.3, -0.25) is 24.4 Å². The number of piperidine rings is 2. The van der Waals surface area contributed by atoms with Crippen LogP contribution in [0.15, 0.2) is 30.5 Å². The van der Waals surface area contributed by atoms with E-state index in [-0.39, 0.29) is 64.0 Å². The Labute approximate surface area is 358 Å². The number of pyridine rings is 1. The first-order chi connectivity index (χ1) is 29.2. The van der Waals surface area contributed by atoms with Crippen molar-refractivity contribution in [2.45, 2.75) is 135 Å². The number of aromatic nitrogens is 3. The SMILES string of the molecule is CCc1c(F)ccc2cc(O[Si](C(C)C)(C(C)C)C(C)C)cc(-c3ncc4c(N5CCC(C(=O)N6CCCCC6=O)CC5)nc(OC[C@@]56CCCN5C[C@H](F)C6)nc4c3F)c12. The number of carbonyl (C=O) groups is 2. The Balaban J connectivity index is 1.23. The van der Waals surface area contributed by atoms with Crippen LogP contribution >= 0.6 is 0 Å². The molecule has 0 spiro atoms. The van der Waals surface area contributed by atoms with Gasteiger partial charge in [0, 0.05) is 56.7 Å². The van der Waals surface area contributed by atoms with Crippen LogP contribution in [0.25, 0.3) is 32.9 Å². The third-order valence-corrected chi connectivity index (χ3v) is 20.4. The number of hydrogen-bond acceptors (Lipinski definition) is 9. The molecule has 328 valence electrons. The second-order valence-electron chi connectivity index (χ2n) is 18.8. The molecule has 0 aliphatic carbocycles. The second kappa shape index (κ2) is 17.1. The monoisotopic (exact) mass is 858 g/mol. The van der Waals surface area contributed by atoms with Gasteiger partial charge in [0.2, 0.25) is 11.8 Å². The van der Waals surface area contributed by atoms with E-state index < -0.39 is 25.8 Å². The quantitative estimate of drug-likeness (QED) is 0.102. The summed E-state index contributed by atoms with van der Waals surface area (Å²) in [5.41, 5.74) is 1.24. The van der Waals surface area contributed by atoms with Crippen molar-refractivity contribution in [3.63, 3.8) is 0 Å². The number of carbonyl (C=O) groups excluding carboxylic acids is 2. The number of rotatable bonds is 12. The molecule has 2 atom stereocenters. The molecule has 8 rings (SSSR count). The minimum atomic E-state index is -2.46. The average molecular weight is 859 g/mol. The van der Waals surface area contributed by atoms with Crippen LogP contribution in [0.3, 0.4) is 0 Å². The molecule has 61 heavy (non-hydrogen) atoms. The lowest BCUT2D eigenvalue weighted by molar-refractivity contribution is -0.149. The van der Waals surface area contributed by atoms with E-state index in [9.17, 15) is 14.0 Å². The maximum absolute atomic E-state index is 17.7. The summed E-state index contributed by atoms with van der Waals surface area (Å²) in [5.74, 6) is -0.603. The molecule has 2 amide bonds. The zero-order valence-corrected chi connectivity index (χ0v) is 37.8. The first-order valence-electron chi connectivity index (χ1n) is 22.6. The molecule has 4 fully saturated rings. The lowest BCUT2D eigenvalue weighted by Gasteiger charge is -2.42. The fourth-order valence-corrected chi connectivity index (χ4v) is 16.6. The zero-order chi connectivity index (χ0) is 43.4. The van der Waals surface area contributed by atoms with Crippen LogP contribution in [0.2, 0.25) is 16.6 Å². The number of nitrogens with zero attached hydrogens (tertiary/aromatic N) is 6.